The highest BCUT2D eigenvalue weighted by atomic mass is 35.5. The van der Waals surface area contributed by atoms with Crippen LogP contribution in [0.4, 0.5) is 4.39 Å². The Bertz CT molecular complexity index is 569. The summed E-state index contributed by atoms with van der Waals surface area (Å²) in [6, 6.07) is 7.13. The van der Waals surface area contributed by atoms with E-state index in [0.717, 1.165) is 4.88 Å². The number of carbonyl (C=O) groups excluding carboxylic acids is 1. The predicted molar refractivity (Wildman–Crippen MR) is 77.3 cm³/mol. The summed E-state index contributed by atoms with van der Waals surface area (Å²) < 4.78 is 18.2. The van der Waals surface area contributed by atoms with E-state index in [1.54, 1.807) is 17.4 Å². The highest BCUT2D eigenvalue weighted by molar-refractivity contribution is 7.09. The van der Waals surface area contributed by atoms with Crippen LogP contribution < -0.4 is 5.32 Å². The van der Waals surface area contributed by atoms with Crippen LogP contribution in [0.3, 0.4) is 0 Å². The van der Waals surface area contributed by atoms with Crippen LogP contribution in [-0.2, 0) is 16.1 Å². The van der Waals surface area contributed by atoms with E-state index in [4.69, 9.17) is 16.3 Å². The van der Waals surface area contributed by atoms with Gasteiger partial charge in [-0.1, -0.05) is 17.7 Å². The molecule has 0 aliphatic carbocycles. The van der Waals surface area contributed by atoms with Gasteiger partial charge in [0.25, 0.3) is 0 Å². The van der Waals surface area contributed by atoms with Crippen LogP contribution in [0.25, 0.3) is 0 Å². The third kappa shape index (κ3) is 3.79. The van der Waals surface area contributed by atoms with E-state index in [9.17, 15) is 9.18 Å². The van der Waals surface area contributed by atoms with E-state index in [1.165, 1.54) is 19.2 Å². The molecule has 0 aliphatic rings. The minimum Gasteiger partial charge on any atom is -0.468 e. The van der Waals surface area contributed by atoms with Gasteiger partial charge in [-0.05, 0) is 35.2 Å². The normalized spacial score (nSPS) is 12.2. The number of hydrogen-bond acceptors (Lipinski definition) is 4. The Morgan fingerprint density at radius 2 is 2.30 bits per heavy atom. The van der Waals surface area contributed by atoms with E-state index < -0.39 is 17.8 Å². The van der Waals surface area contributed by atoms with Crippen molar-refractivity contribution in [3.05, 3.63) is 57.0 Å². The van der Waals surface area contributed by atoms with Crippen molar-refractivity contribution in [3.8, 4) is 0 Å². The van der Waals surface area contributed by atoms with Crippen molar-refractivity contribution < 1.29 is 13.9 Å². The van der Waals surface area contributed by atoms with E-state index >= 15 is 0 Å². The van der Waals surface area contributed by atoms with Crippen molar-refractivity contribution in [1.29, 1.82) is 0 Å². The van der Waals surface area contributed by atoms with E-state index in [1.807, 2.05) is 17.5 Å². The largest absolute Gasteiger partial charge is 0.468 e. The standard InChI is InChI=1S/C14H13ClFNO2S/c1-19-14(18)13(17-8-12-3-2-4-20-12)9-5-10(15)7-11(16)6-9/h2-7,13,17H,8H2,1H3. The topological polar surface area (TPSA) is 38.3 Å². The van der Waals surface area contributed by atoms with Gasteiger partial charge in [-0.25, -0.2) is 9.18 Å². The van der Waals surface area contributed by atoms with Crippen LogP contribution in [0, 0.1) is 5.82 Å². The summed E-state index contributed by atoms with van der Waals surface area (Å²) in [7, 11) is 1.29. The minimum absolute atomic E-state index is 0.242. The molecule has 2 aromatic rings. The Morgan fingerprint density at radius 3 is 2.90 bits per heavy atom. The highest BCUT2D eigenvalue weighted by Gasteiger charge is 2.22. The van der Waals surface area contributed by atoms with Crippen LogP contribution in [0.2, 0.25) is 5.02 Å². The molecule has 1 atom stereocenters. The number of benzene rings is 1. The summed E-state index contributed by atoms with van der Waals surface area (Å²) in [6.07, 6.45) is 0. The summed E-state index contributed by atoms with van der Waals surface area (Å²) in [5, 5.41) is 5.24. The molecule has 1 unspecified atom stereocenters. The summed E-state index contributed by atoms with van der Waals surface area (Å²) in [5.74, 6) is -0.970. The molecule has 1 aromatic heterocycles. The first-order valence-corrected chi connectivity index (χ1v) is 7.15. The molecule has 0 saturated carbocycles. The second-order valence-electron chi connectivity index (χ2n) is 4.12. The van der Waals surface area contributed by atoms with Gasteiger partial charge in [0, 0.05) is 16.4 Å². The quantitative estimate of drug-likeness (QED) is 0.858. The number of hydrogen-bond donors (Lipinski definition) is 1. The lowest BCUT2D eigenvalue weighted by Crippen LogP contribution is -2.29. The van der Waals surface area contributed by atoms with Crippen molar-refractivity contribution in [2.24, 2.45) is 0 Å². The maximum absolute atomic E-state index is 13.4. The van der Waals surface area contributed by atoms with Crippen molar-refractivity contribution in [3.63, 3.8) is 0 Å². The molecule has 106 valence electrons. The number of ether oxygens (including phenoxy) is 1. The van der Waals surface area contributed by atoms with Crippen molar-refractivity contribution in [2.75, 3.05) is 7.11 Å². The van der Waals surface area contributed by atoms with Crippen LogP contribution in [0.1, 0.15) is 16.5 Å². The van der Waals surface area contributed by atoms with E-state index in [-0.39, 0.29) is 5.02 Å². The van der Waals surface area contributed by atoms with Crippen LogP contribution in [-0.4, -0.2) is 13.1 Å². The molecule has 2 rings (SSSR count). The van der Waals surface area contributed by atoms with Gasteiger partial charge in [0.05, 0.1) is 7.11 Å². The number of nitrogens with one attached hydrogen (secondary N) is 1. The first-order chi connectivity index (χ1) is 9.60. The maximum Gasteiger partial charge on any atom is 0.327 e. The number of esters is 1. The zero-order valence-corrected chi connectivity index (χ0v) is 12.3. The number of methoxy groups -OCH3 is 1. The fourth-order valence-corrected chi connectivity index (χ4v) is 2.70. The Labute approximate surface area is 125 Å². The van der Waals surface area contributed by atoms with Gasteiger partial charge in [-0.15, -0.1) is 11.3 Å². The summed E-state index contributed by atoms with van der Waals surface area (Å²) in [5.41, 5.74) is 0.443. The molecular weight excluding hydrogens is 301 g/mol. The predicted octanol–water partition coefficient (Wildman–Crippen LogP) is 3.54. The Kier molecular flexibility index (Phi) is 5.11. The van der Waals surface area contributed by atoms with Crippen molar-refractivity contribution in [1.82, 2.24) is 5.32 Å². The molecule has 1 aromatic carbocycles. The Balaban J connectivity index is 2.20. The first kappa shape index (κ1) is 15.0. The summed E-state index contributed by atoms with van der Waals surface area (Å²) in [4.78, 5) is 12.9. The second kappa shape index (κ2) is 6.83. The second-order valence-corrected chi connectivity index (χ2v) is 5.59. The summed E-state index contributed by atoms with van der Waals surface area (Å²) >= 11 is 7.39. The van der Waals surface area contributed by atoms with Crippen LogP contribution >= 0.6 is 22.9 Å². The lowest BCUT2D eigenvalue weighted by Gasteiger charge is -2.17. The fraction of sp³-hybridized carbons (Fsp3) is 0.214. The zero-order chi connectivity index (χ0) is 14.5. The fourth-order valence-electron chi connectivity index (χ4n) is 1.81. The zero-order valence-electron chi connectivity index (χ0n) is 10.7. The van der Waals surface area contributed by atoms with Gasteiger partial charge < -0.3 is 4.74 Å². The molecule has 0 aliphatic heterocycles. The average Bonchev–Trinajstić information content (AvgIpc) is 2.90. The van der Waals surface area contributed by atoms with Gasteiger partial charge in [-0.2, -0.15) is 0 Å². The van der Waals surface area contributed by atoms with Crippen molar-refractivity contribution >= 4 is 28.9 Å². The molecule has 3 nitrogen and oxygen atoms in total. The molecule has 0 radical (unpaired) electrons. The average molecular weight is 314 g/mol. The first-order valence-electron chi connectivity index (χ1n) is 5.89. The van der Waals surface area contributed by atoms with Gasteiger partial charge >= 0.3 is 5.97 Å². The number of halogens is 2. The molecule has 0 fully saturated rings. The minimum atomic E-state index is -0.754. The van der Waals surface area contributed by atoms with Crippen LogP contribution in [0.5, 0.6) is 0 Å². The SMILES string of the molecule is COC(=O)C(NCc1cccs1)c1cc(F)cc(Cl)c1. The van der Waals surface area contributed by atoms with Gasteiger partial charge in [-0.3, -0.25) is 5.32 Å². The van der Waals surface area contributed by atoms with Crippen molar-refractivity contribution in [2.45, 2.75) is 12.6 Å². The molecule has 0 amide bonds. The molecule has 6 heteroatoms. The molecule has 0 bridgehead atoms. The Hall–Kier alpha value is -1.43. The molecule has 1 heterocycles. The van der Waals surface area contributed by atoms with Crippen LogP contribution in [0.15, 0.2) is 35.7 Å². The van der Waals surface area contributed by atoms with Gasteiger partial charge in [0.15, 0.2) is 0 Å². The maximum atomic E-state index is 13.4. The third-order valence-corrected chi connectivity index (χ3v) is 3.81. The molecule has 1 N–H and O–H groups in total. The molecule has 0 spiro atoms. The molecule has 0 saturated heterocycles. The van der Waals surface area contributed by atoms with E-state index in [2.05, 4.69) is 5.32 Å². The summed E-state index contributed by atoms with van der Waals surface area (Å²) in [6.45, 7) is 0.492. The lowest BCUT2D eigenvalue weighted by atomic mass is 10.1. The molecule has 20 heavy (non-hydrogen) atoms. The number of carbonyl (C=O) groups is 1. The smallest absolute Gasteiger partial charge is 0.327 e. The van der Waals surface area contributed by atoms with Gasteiger partial charge in [0.2, 0.25) is 0 Å². The lowest BCUT2D eigenvalue weighted by molar-refractivity contribution is -0.143. The highest BCUT2D eigenvalue weighted by Crippen LogP contribution is 2.22. The number of rotatable bonds is 5. The third-order valence-electron chi connectivity index (χ3n) is 2.72. The monoisotopic (exact) mass is 313 g/mol. The number of thiophene rings is 1. The Morgan fingerprint density at radius 1 is 1.50 bits per heavy atom. The van der Waals surface area contributed by atoms with E-state index in [0.29, 0.717) is 12.1 Å². The molecular formula is C14H13ClFNO2S. The van der Waals surface area contributed by atoms with Gasteiger partial charge in [0.1, 0.15) is 11.9 Å².